The molecule has 10 heteroatoms. The molecule has 0 saturated carbocycles. The maximum Gasteiger partial charge on any atom is 0.338 e. The Bertz CT molecular complexity index is 1270. The second kappa shape index (κ2) is 13.9. The molecule has 3 N–H and O–H groups in total. The van der Waals surface area contributed by atoms with Crippen LogP contribution in [-0.2, 0) is 19.1 Å². The van der Waals surface area contributed by atoms with Crippen LogP contribution in [0.25, 0.3) is 0 Å². The van der Waals surface area contributed by atoms with Crippen LogP contribution in [0.4, 0.5) is 5.69 Å². The minimum atomic E-state index is -0.966. The minimum Gasteiger partial charge on any atom is -0.484 e. The minimum absolute atomic E-state index is 0.138. The van der Waals surface area contributed by atoms with Gasteiger partial charge < -0.3 is 20.1 Å². The summed E-state index contributed by atoms with van der Waals surface area (Å²) in [5.41, 5.74) is 4.44. The molecule has 3 aromatic rings. The summed E-state index contributed by atoms with van der Waals surface area (Å²) in [5, 5.41) is 9.07. The maximum absolute atomic E-state index is 12.2. The van der Waals surface area contributed by atoms with Gasteiger partial charge in [0.25, 0.3) is 5.91 Å². The highest BCUT2D eigenvalue weighted by molar-refractivity contribution is 6.39. The number of hydrogen-bond acceptors (Lipinski definition) is 7. The Morgan fingerprint density at radius 2 is 1.58 bits per heavy atom. The fourth-order valence-corrected chi connectivity index (χ4v) is 3.22. The van der Waals surface area contributed by atoms with E-state index in [0.29, 0.717) is 22.6 Å². The van der Waals surface area contributed by atoms with E-state index in [1.54, 1.807) is 31.2 Å². The van der Waals surface area contributed by atoms with Crippen molar-refractivity contribution in [1.29, 1.82) is 0 Å². The van der Waals surface area contributed by atoms with Crippen LogP contribution in [0.2, 0.25) is 0 Å². The van der Waals surface area contributed by atoms with Crippen molar-refractivity contribution in [2.75, 3.05) is 18.5 Å². The molecule has 1 unspecified atom stereocenters. The lowest BCUT2D eigenvalue weighted by Gasteiger charge is -2.14. The van der Waals surface area contributed by atoms with Crippen LogP contribution < -0.4 is 20.8 Å². The molecule has 3 aromatic carbocycles. The zero-order chi connectivity index (χ0) is 27.3. The van der Waals surface area contributed by atoms with E-state index in [1.807, 2.05) is 37.3 Å². The Morgan fingerprint density at radius 1 is 0.895 bits per heavy atom. The second-order valence-corrected chi connectivity index (χ2v) is 8.01. The van der Waals surface area contributed by atoms with Gasteiger partial charge in [-0.1, -0.05) is 30.3 Å². The number of amides is 3. The quantitative estimate of drug-likeness (QED) is 0.164. The molecular weight excluding hydrogens is 488 g/mol. The largest absolute Gasteiger partial charge is 0.484 e. The van der Waals surface area contributed by atoms with Crippen LogP contribution in [0.15, 0.2) is 84.0 Å². The Kier molecular flexibility index (Phi) is 10.1. The molecule has 3 rings (SSSR count). The van der Waals surface area contributed by atoms with Crippen molar-refractivity contribution in [3.8, 4) is 5.75 Å². The summed E-state index contributed by atoms with van der Waals surface area (Å²) in [6.45, 7) is 3.72. The Hall–Kier alpha value is -4.99. The van der Waals surface area contributed by atoms with Gasteiger partial charge in [0.1, 0.15) is 5.75 Å². The number of carbonyl (C=O) groups excluding carboxylic acids is 4. The number of nitrogens with zero attached hydrogens (tertiary/aromatic N) is 1. The summed E-state index contributed by atoms with van der Waals surface area (Å²) < 4.78 is 10.4. The third-order valence-corrected chi connectivity index (χ3v) is 5.17. The predicted octanol–water partition coefficient (Wildman–Crippen LogP) is 3.21. The number of hydrogen-bond donors (Lipinski definition) is 3. The summed E-state index contributed by atoms with van der Waals surface area (Å²) in [6, 6.07) is 22.1. The fraction of sp³-hybridized carbons (Fsp3) is 0.179. The van der Waals surface area contributed by atoms with E-state index >= 15 is 0 Å². The van der Waals surface area contributed by atoms with Gasteiger partial charge in [-0.05, 0) is 73.5 Å². The summed E-state index contributed by atoms with van der Waals surface area (Å²) in [6.07, 6.45) is 1.36. The molecule has 0 fully saturated rings. The number of carbonyl (C=O) groups is 4. The fourth-order valence-electron chi connectivity index (χ4n) is 3.22. The third kappa shape index (κ3) is 8.59. The predicted molar refractivity (Wildman–Crippen MR) is 142 cm³/mol. The Balaban J connectivity index is 1.41. The van der Waals surface area contributed by atoms with Crippen molar-refractivity contribution in [2.45, 2.75) is 19.9 Å². The summed E-state index contributed by atoms with van der Waals surface area (Å²) in [4.78, 5) is 47.9. The van der Waals surface area contributed by atoms with Crippen LogP contribution in [0.1, 0.15) is 41.4 Å². The van der Waals surface area contributed by atoms with Crippen LogP contribution in [0, 0.1) is 0 Å². The first-order chi connectivity index (χ1) is 18.4. The molecule has 0 aliphatic rings. The van der Waals surface area contributed by atoms with E-state index in [9.17, 15) is 19.2 Å². The first-order valence-corrected chi connectivity index (χ1v) is 11.8. The number of anilines is 1. The summed E-state index contributed by atoms with van der Waals surface area (Å²) in [5.74, 6) is -2.12. The molecule has 3 amide bonds. The van der Waals surface area contributed by atoms with Crippen molar-refractivity contribution in [1.82, 2.24) is 10.7 Å². The van der Waals surface area contributed by atoms with E-state index in [2.05, 4.69) is 21.2 Å². The molecule has 0 bridgehead atoms. The van der Waals surface area contributed by atoms with Crippen LogP contribution in [-0.4, -0.2) is 43.1 Å². The smallest absolute Gasteiger partial charge is 0.338 e. The van der Waals surface area contributed by atoms with Gasteiger partial charge in [0.2, 0.25) is 0 Å². The lowest BCUT2D eigenvalue weighted by Crippen LogP contribution is -2.32. The normalized spacial score (nSPS) is 11.3. The van der Waals surface area contributed by atoms with Crippen molar-refractivity contribution in [3.63, 3.8) is 0 Å². The van der Waals surface area contributed by atoms with Gasteiger partial charge in [0, 0.05) is 5.69 Å². The molecule has 196 valence electrons. The topological polar surface area (TPSA) is 135 Å². The highest BCUT2D eigenvalue weighted by Crippen LogP contribution is 2.13. The van der Waals surface area contributed by atoms with Crippen molar-refractivity contribution in [2.24, 2.45) is 5.10 Å². The molecule has 0 aliphatic heterocycles. The van der Waals surface area contributed by atoms with Crippen LogP contribution in [0.5, 0.6) is 5.75 Å². The van der Waals surface area contributed by atoms with Crippen LogP contribution >= 0.6 is 0 Å². The Morgan fingerprint density at radius 3 is 2.24 bits per heavy atom. The average Bonchev–Trinajstić information content (AvgIpc) is 2.93. The van der Waals surface area contributed by atoms with Gasteiger partial charge in [0.15, 0.2) is 6.61 Å². The molecule has 0 aromatic heterocycles. The van der Waals surface area contributed by atoms with E-state index in [4.69, 9.17) is 9.47 Å². The molecule has 1 atom stereocenters. The number of rotatable bonds is 10. The highest BCUT2D eigenvalue weighted by Gasteiger charge is 2.14. The Labute approximate surface area is 220 Å². The van der Waals surface area contributed by atoms with Gasteiger partial charge in [-0.3, -0.25) is 14.4 Å². The van der Waals surface area contributed by atoms with E-state index < -0.39 is 17.8 Å². The van der Waals surface area contributed by atoms with E-state index in [-0.39, 0.29) is 25.2 Å². The number of benzene rings is 3. The first kappa shape index (κ1) is 27.6. The van der Waals surface area contributed by atoms with E-state index in [1.165, 1.54) is 30.5 Å². The monoisotopic (exact) mass is 516 g/mol. The zero-order valence-corrected chi connectivity index (χ0v) is 21.0. The number of ether oxygens (including phenoxy) is 2. The lowest BCUT2D eigenvalue weighted by atomic mass is 10.1. The molecule has 38 heavy (non-hydrogen) atoms. The maximum atomic E-state index is 12.2. The highest BCUT2D eigenvalue weighted by atomic mass is 16.5. The molecule has 0 heterocycles. The number of nitrogens with one attached hydrogen (secondary N) is 3. The van der Waals surface area contributed by atoms with Crippen molar-refractivity contribution >= 4 is 35.6 Å². The van der Waals surface area contributed by atoms with Gasteiger partial charge in [-0.15, -0.1) is 0 Å². The SMILES string of the molecule is CCOC(=O)c1ccc(NC(=O)C(=O)NN=Cc2ccc(OCC(=O)NC(C)c3ccccc3)cc2)cc1. The van der Waals surface area contributed by atoms with Gasteiger partial charge in [-0.25, -0.2) is 10.2 Å². The average molecular weight is 517 g/mol. The lowest BCUT2D eigenvalue weighted by molar-refractivity contribution is -0.136. The number of hydrazone groups is 1. The van der Waals surface area contributed by atoms with E-state index in [0.717, 1.165) is 5.56 Å². The van der Waals surface area contributed by atoms with Gasteiger partial charge in [-0.2, -0.15) is 5.10 Å². The second-order valence-electron chi connectivity index (χ2n) is 8.01. The van der Waals surface area contributed by atoms with Crippen molar-refractivity contribution in [3.05, 3.63) is 95.6 Å². The van der Waals surface area contributed by atoms with Gasteiger partial charge in [0.05, 0.1) is 24.4 Å². The third-order valence-electron chi connectivity index (χ3n) is 5.17. The number of esters is 1. The molecule has 0 aliphatic carbocycles. The molecule has 0 radical (unpaired) electrons. The van der Waals surface area contributed by atoms with Gasteiger partial charge >= 0.3 is 17.8 Å². The molecule has 10 nitrogen and oxygen atoms in total. The first-order valence-electron chi connectivity index (χ1n) is 11.8. The molecule has 0 spiro atoms. The summed E-state index contributed by atoms with van der Waals surface area (Å²) >= 11 is 0. The zero-order valence-electron chi connectivity index (χ0n) is 21.0. The standard InChI is InChI=1S/C28H28N4O6/c1-3-37-28(36)22-11-13-23(14-12-22)31-26(34)27(35)32-29-17-20-9-15-24(16-10-20)38-18-25(33)30-19(2)21-7-5-4-6-8-21/h4-17,19H,3,18H2,1-2H3,(H,30,33)(H,31,34)(H,32,35). The van der Waals surface area contributed by atoms with Crippen LogP contribution in [0.3, 0.4) is 0 Å². The van der Waals surface area contributed by atoms with Crippen molar-refractivity contribution < 1.29 is 28.7 Å². The molecule has 0 saturated heterocycles. The molecular formula is C28H28N4O6. The summed E-state index contributed by atoms with van der Waals surface area (Å²) in [7, 11) is 0.